The predicted octanol–water partition coefficient (Wildman–Crippen LogP) is 3.19. The van der Waals surface area contributed by atoms with E-state index in [9.17, 15) is 19.2 Å². The van der Waals surface area contributed by atoms with Crippen LogP contribution in [0.15, 0.2) is 18.2 Å². The van der Waals surface area contributed by atoms with Gasteiger partial charge in [0, 0.05) is 18.5 Å². The average molecular weight is 369 g/mol. The number of carbonyl (C=O) groups is 2. The van der Waals surface area contributed by atoms with Crippen molar-refractivity contribution in [1.29, 1.82) is 5.26 Å². The monoisotopic (exact) mass is 368 g/mol. The summed E-state index contributed by atoms with van der Waals surface area (Å²) in [6.07, 6.45) is -0.657. The number of nitriles is 1. The molecule has 25 heavy (non-hydrogen) atoms. The molecule has 0 spiro atoms. The summed E-state index contributed by atoms with van der Waals surface area (Å²) < 4.78 is 19.0. The van der Waals surface area contributed by atoms with Crippen molar-refractivity contribution in [1.82, 2.24) is 4.90 Å². The summed E-state index contributed by atoms with van der Waals surface area (Å²) in [6.45, 7) is 2.02. The zero-order valence-corrected chi connectivity index (χ0v) is 14.4. The summed E-state index contributed by atoms with van der Waals surface area (Å²) in [5, 5.41) is 18.7. The first kappa shape index (κ1) is 19.0. The fourth-order valence-electron chi connectivity index (χ4n) is 3.27. The third-order valence-corrected chi connectivity index (χ3v) is 4.93. The van der Waals surface area contributed by atoms with Crippen LogP contribution in [0.5, 0.6) is 0 Å². The van der Waals surface area contributed by atoms with Crippen molar-refractivity contribution in [3.8, 4) is 6.07 Å². The Morgan fingerprint density at radius 3 is 2.60 bits per heavy atom. The first-order valence-corrected chi connectivity index (χ1v) is 8.23. The van der Waals surface area contributed by atoms with E-state index in [1.807, 2.05) is 6.07 Å². The lowest BCUT2D eigenvalue weighted by Gasteiger charge is -2.43. The number of benzene rings is 1. The molecule has 134 valence electrons. The molecule has 0 bridgehead atoms. The minimum Gasteiger partial charge on any atom is -0.465 e. The number of amides is 1. The van der Waals surface area contributed by atoms with Gasteiger partial charge in [-0.05, 0) is 37.5 Å². The van der Waals surface area contributed by atoms with Gasteiger partial charge in [-0.3, -0.25) is 4.79 Å². The third kappa shape index (κ3) is 3.69. The quantitative estimate of drug-likeness (QED) is 0.824. The Kier molecular flexibility index (Phi) is 5.85. The van der Waals surface area contributed by atoms with Crippen LogP contribution < -0.4 is 0 Å². The molecule has 1 amide bonds. The second-order valence-corrected chi connectivity index (χ2v) is 6.28. The molecule has 1 fully saturated rings. The first-order valence-electron chi connectivity index (χ1n) is 7.85. The van der Waals surface area contributed by atoms with E-state index in [1.54, 1.807) is 13.0 Å². The highest BCUT2D eigenvalue weighted by Gasteiger charge is 2.48. The van der Waals surface area contributed by atoms with Crippen molar-refractivity contribution < 1.29 is 23.8 Å². The second kappa shape index (κ2) is 7.70. The molecule has 1 N–H and O–H groups in total. The Hall–Kier alpha value is -2.33. The summed E-state index contributed by atoms with van der Waals surface area (Å²) in [6, 6.07) is 6.14. The fourth-order valence-corrected chi connectivity index (χ4v) is 3.39. The molecule has 1 aromatic rings. The number of hydrogen-bond donors (Lipinski definition) is 1. The number of hydrogen-bond acceptors (Lipinski definition) is 4. The summed E-state index contributed by atoms with van der Waals surface area (Å²) in [5.41, 5.74) is -0.586. The summed E-state index contributed by atoms with van der Waals surface area (Å²) in [4.78, 5) is 24.7. The Balaban J connectivity index is 2.48. The zero-order valence-electron chi connectivity index (χ0n) is 13.7. The van der Waals surface area contributed by atoms with Crippen LogP contribution in [0, 0.1) is 23.1 Å². The van der Waals surface area contributed by atoms with Gasteiger partial charge in [-0.15, -0.1) is 0 Å². The lowest BCUT2D eigenvalue weighted by molar-refractivity contribution is -0.149. The molecule has 1 unspecified atom stereocenters. The van der Waals surface area contributed by atoms with Crippen molar-refractivity contribution in [3.63, 3.8) is 0 Å². The lowest BCUT2D eigenvalue weighted by atomic mass is 9.64. The number of rotatable bonds is 4. The van der Waals surface area contributed by atoms with Gasteiger partial charge < -0.3 is 14.7 Å². The predicted molar refractivity (Wildman–Crippen MR) is 87.7 cm³/mol. The number of esters is 1. The van der Waals surface area contributed by atoms with E-state index in [-0.39, 0.29) is 37.6 Å². The number of carboxylic acid groups (broad SMARTS) is 1. The Morgan fingerprint density at radius 1 is 1.48 bits per heavy atom. The topological polar surface area (TPSA) is 90.6 Å². The third-order valence-electron chi connectivity index (χ3n) is 4.62. The maximum absolute atomic E-state index is 14.0. The number of ether oxygens (including phenoxy) is 1. The van der Waals surface area contributed by atoms with Crippen LogP contribution in [0.25, 0.3) is 0 Å². The number of nitrogens with zero attached hydrogens (tertiary/aromatic N) is 2. The molecule has 2 rings (SSSR count). The van der Waals surface area contributed by atoms with Crippen LogP contribution in [0.2, 0.25) is 5.02 Å². The van der Waals surface area contributed by atoms with Crippen LogP contribution in [0.4, 0.5) is 9.18 Å². The van der Waals surface area contributed by atoms with Gasteiger partial charge in [-0.25, -0.2) is 9.18 Å². The SMILES string of the molecule is CCOC(=O)C(C#N)C1(c2ccc(Cl)c(F)c2)CCN(C(=O)O)CC1. The van der Waals surface area contributed by atoms with Gasteiger partial charge in [0.05, 0.1) is 17.7 Å². The number of likely N-dealkylation sites (tertiary alicyclic amines) is 1. The summed E-state index contributed by atoms with van der Waals surface area (Å²) >= 11 is 5.74. The highest BCUT2D eigenvalue weighted by atomic mass is 35.5. The zero-order chi connectivity index (χ0) is 18.6. The first-order chi connectivity index (χ1) is 11.9. The Morgan fingerprint density at radius 2 is 2.12 bits per heavy atom. The molecule has 1 atom stereocenters. The summed E-state index contributed by atoms with van der Waals surface area (Å²) in [7, 11) is 0. The van der Waals surface area contributed by atoms with Crippen molar-refractivity contribution in [2.24, 2.45) is 5.92 Å². The Bertz CT molecular complexity index is 711. The lowest BCUT2D eigenvalue weighted by Crippen LogP contribution is -2.50. The highest BCUT2D eigenvalue weighted by molar-refractivity contribution is 6.30. The van der Waals surface area contributed by atoms with E-state index in [2.05, 4.69) is 0 Å². The average Bonchev–Trinajstić information content (AvgIpc) is 2.58. The van der Waals surface area contributed by atoms with Crippen LogP contribution >= 0.6 is 11.6 Å². The molecule has 1 aromatic carbocycles. The van der Waals surface area contributed by atoms with Crippen LogP contribution in [0.1, 0.15) is 25.3 Å². The summed E-state index contributed by atoms with van der Waals surface area (Å²) in [5.74, 6) is -2.51. The van der Waals surface area contributed by atoms with Crippen LogP contribution in [-0.4, -0.2) is 41.8 Å². The minimum atomic E-state index is -1.16. The van der Waals surface area contributed by atoms with E-state index >= 15 is 0 Å². The van der Waals surface area contributed by atoms with Crippen LogP contribution in [0.3, 0.4) is 0 Å². The van der Waals surface area contributed by atoms with Crippen LogP contribution in [-0.2, 0) is 14.9 Å². The molecular formula is C17H18ClFN2O4. The van der Waals surface area contributed by atoms with E-state index in [1.165, 1.54) is 17.0 Å². The smallest absolute Gasteiger partial charge is 0.407 e. The Labute approximate surface area is 149 Å². The maximum Gasteiger partial charge on any atom is 0.407 e. The molecule has 0 aromatic heterocycles. The normalized spacial score (nSPS) is 17.4. The largest absolute Gasteiger partial charge is 0.465 e. The van der Waals surface area contributed by atoms with E-state index < -0.39 is 29.2 Å². The number of piperidine rings is 1. The molecule has 1 saturated heterocycles. The molecule has 8 heteroatoms. The maximum atomic E-state index is 14.0. The van der Waals surface area contributed by atoms with Gasteiger partial charge in [-0.1, -0.05) is 17.7 Å². The van der Waals surface area contributed by atoms with E-state index in [0.717, 1.165) is 0 Å². The highest BCUT2D eigenvalue weighted by Crippen LogP contribution is 2.43. The molecule has 1 aliphatic rings. The van der Waals surface area contributed by atoms with Gasteiger partial charge in [0.2, 0.25) is 0 Å². The standard InChI is InChI=1S/C17H18ClFN2O4/c1-2-25-15(22)12(10-20)17(5-7-21(8-6-17)16(23)24)11-3-4-13(18)14(19)9-11/h3-4,9,12H,2,5-8H2,1H3,(H,23,24). The van der Waals surface area contributed by atoms with Crippen molar-refractivity contribution in [2.75, 3.05) is 19.7 Å². The van der Waals surface area contributed by atoms with Gasteiger partial charge >= 0.3 is 12.1 Å². The molecule has 0 radical (unpaired) electrons. The minimum absolute atomic E-state index is 0.0634. The van der Waals surface area contributed by atoms with E-state index in [4.69, 9.17) is 21.4 Å². The molecule has 1 aliphatic heterocycles. The fraction of sp³-hybridized carbons (Fsp3) is 0.471. The van der Waals surface area contributed by atoms with E-state index in [0.29, 0.717) is 5.56 Å². The second-order valence-electron chi connectivity index (χ2n) is 5.87. The van der Waals surface area contributed by atoms with Gasteiger partial charge in [0.1, 0.15) is 5.82 Å². The number of halogens is 2. The van der Waals surface area contributed by atoms with Gasteiger partial charge in [0.25, 0.3) is 0 Å². The molecule has 1 heterocycles. The van der Waals surface area contributed by atoms with Crippen molar-refractivity contribution in [2.45, 2.75) is 25.2 Å². The van der Waals surface area contributed by atoms with Crippen molar-refractivity contribution in [3.05, 3.63) is 34.6 Å². The van der Waals surface area contributed by atoms with Gasteiger partial charge in [-0.2, -0.15) is 5.26 Å². The van der Waals surface area contributed by atoms with Gasteiger partial charge in [0.15, 0.2) is 5.92 Å². The number of carbonyl (C=O) groups excluding carboxylic acids is 1. The molecule has 0 aliphatic carbocycles. The molecular weight excluding hydrogens is 351 g/mol. The molecule has 0 saturated carbocycles. The molecule has 6 nitrogen and oxygen atoms in total. The van der Waals surface area contributed by atoms with Crippen molar-refractivity contribution >= 4 is 23.7 Å².